The lowest BCUT2D eigenvalue weighted by Gasteiger charge is -2.53. The summed E-state index contributed by atoms with van der Waals surface area (Å²) in [6.07, 6.45) is 3.66. The van der Waals surface area contributed by atoms with Crippen LogP contribution in [0.2, 0.25) is 0 Å². The van der Waals surface area contributed by atoms with Gasteiger partial charge in [0.15, 0.2) is 6.10 Å². The number of nitrogens with zero attached hydrogens (tertiary/aromatic N) is 2. The van der Waals surface area contributed by atoms with E-state index in [1.807, 2.05) is 0 Å². The number of likely N-dealkylation sites (tertiary alicyclic amines) is 2. The molecule has 4 rings (SSSR count). The van der Waals surface area contributed by atoms with Crippen LogP contribution >= 0.6 is 0 Å². The summed E-state index contributed by atoms with van der Waals surface area (Å²) in [6, 6.07) is 0. The van der Waals surface area contributed by atoms with Crippen molar-refractivity contribution in [3.05, 3.63) is 0 Å². The molecule has 0 aromatic rings. The predicted octanol–water partition coefficient (Wildman–Crippen LogP) is 6.26. The normalized spacial score (nSPS) is 32.7. The highest BCUT2D eigenvalue weighted by atomic mass is 16.6. The molecule has 1 N–H and O–H groups in total. The molecule has 1 aliphatic carbocycles. The topological polar surface area (TPSA) is 97.4 Å². The van der Waals surface area contributed by atoms with Gasteiger partial charge in [0.25, 0.3) is 0 Å². The Morgan fingerprint density at radius 3 is 1.15 bits per heavy atom. The second kappa shape index (κ2) is 12.9. The molecule has 9 nitrogen and oxygen atoms in total. The Balaban J connectivity index is 1.57. The van der Waals surface area contributed by atoms with E-state index in [2.05, 4.69) is 112 Å². The van der Waals surface area contributed by atoms with Crippen molar-refractivity contribution in [2.45, 2.75) is 192 Å². The molecule has 3 aliphatic heterocycles. The van der Waals surface area contributed by atoms with Crippen molar-refractivity contribution in [3.63, 3.8) is 0 Å². The minimum atomic E-state index is -0.843. The van der Waals surface area contributed by atoms with Crippen LogP contribution in [-0.4, -0.2) is 93.3 Å². The van der Waals surface area contributed by atoms with Crippen molar-refractivity contribution in [3.8, 4) is 0 Å². The lowest BCUT2D eigenvalue weighted by molar-refractivity contribution is -0.201. The van der Waals surface area contributed by atoms with Crippen LogP contribution in [0, 0.1) is 17.8 Å². The third-order valence-corrected chi connectivity index (χ3v) is 12.3. The lowest BCUT2D eigenvalue weighted by Crippen LogP contribution is -2.60. The van der Waals surface area contributed by atoms with Gasteiger partial charge in [0.2, 0.25) is 0 Å². The zero-order valence-corrected chi connectivity index (χ0v) is 32.2. The van der Waals surface area contributed by atoms with Crippen LogP contribution in [0.1, 0.15) is 141 Å². The number of carbonyl (C=O) groups is 3. The molecule has 3 saturated heterocycles. The lowest BCUT2D eigenvalue weighted by atomic mass is 9.74. The van der Waals surface area contributed by atoms with Crippen molar-refractivity contribution in [1.82, 2.24) is 15.1 Å². The molecule has 2 unspecified atom stereocenters. The molecule has 2 atom stereocenters. The number of ether oxygens (including phenoxy) is 3. The average molecular weight is 662 g/mol. The maximum Gasteiger partial charge on any atom is 0.309 e. The highest BCUT2D eigenvalue weighted by Gasteiger charge is 2.51. The summed E-state index contributed by atoms with van der Waals surface area (Å²) in [6.45, 7) is 25.8. The van der Waals surface area contributed by atoms with Crippen LogP contribution in [0.25, 0.3) is 0 Å². The summed E-state index contributed by atoms with van der Waals surface area (Å²) in [7, 11) is 4.24. The Labute approximate surface area is 285 Å². The first-order valence-corrected chi connectivity index (χ1v) is 18.1. The Morgan fingerprint density at radius 2 is 0.809 bits per heavy atom. The van der Waals surface area contributed by atoms with Crippen LogP contribution in [0.15, 0.2) is 0 Å². The largest absolute Gasteiger partial charge is 0.458 e. The SMILES string of the molecule is CN1C(C)(C)CC(C(=O)OC2CCCC(OC(=O)C3CC(C)(C)N(C)C(C)(C)C3)C2OC(=O)C2CC(C)(C)NC(C)(C)C2)CC1(C)C. The second-order valence-corrected chi connectivity index (χ2v) is 19.4. The minimum absolute atomic E-state index is 0.174. The van der Waals surface area contributed by atoms with Crippen molar-refractivity contribution >= 4 is 17.9 Å². The standard InChI is InChI=1S/C38H67N3O6/c1-33(2)18-24(19-34(3,4)39-33)32(44)47-29-27(45-30(42)25-20-35(5,6)40(13)36(7,8)21-25)16-15-17-28(29)46-31(43)26-22-37(9,10)41(14)38(11,12)23-26/h24-29,39H,15-23H2,1-14H3. The molecule has 270 valence electrons. The molecule has 0 radical (unpaired) electrons. The predicted molar refractivity (Wildman–Crippen MR) is 185 cm³/mol. The van der Waals surface area contributed by atoms with E-state index < -0.39 is 18.3 Å². The molecule has 0 amide bonds. The maximum atomic E-state index is 14.0. The number of piperidine rings is 3. The first kappa shape index (κ1) is 38.1. The highest BCUT2D eigenvalue weighted by Crippen LogP contribution is 2.43. The Morgan fingerprint density at radius 1 is 0.511 bits per heavy atom. The van der Waals surface area contributed by atoms with E-state index >= 15 is 0 Å². The quantitative estimate of drug-likeness (QED) is 0.261. The molecular weight excluding hydrogens is 594 g/mol. The minimum Gasteiger partial charge on any atom is -0.458 e. The molecule has 0 aromatic heterocycles. The van der Waals surface area contributed by atoms with Crippen LogP contribution < -0.4 is 5.32 Å². The molecular formula is C38H67N3O6. The smallest absolute Gasteiger partial charge is 0.309 e. The first-order valence-electron chi connectivity index (χ1n) is 18.1. The summed E-state index contributed by atoms with van der Waals surface area (Å²) >= 11 is 0. The van der Waals surface area contributed by atoms with Crippen LogP contribution in [0.4, 0.5) is 0 Å². The van der Waals surface area contributed by atoms with Gasteiger partial charge in [-0.15, -0.1) is 0 Å². The third-order valence-electron chi connectivity index (χ3n) is 12.3. The number of carbonyl (C=O) groups excluding carboxylic acids is 3. The van der Waals surface area contributed by atoms with Crippen LogP contribution in [-0.2, 0) is 28.6 Å². The van der Waals surface area contributed by atoms with Crippen LogP contribution in [0.3, 0.4) is 0 Å². The average Bonchev–Trinajstić information content (AvgIpc) is 2.89. The number of esters is 3. The first-order chi connectivity index (χ1) is 21.3. The van der Waals surface area contributed by atoms with Crippen LogP contribution in [0.5, 0.6) is 0 Å². The van der Waals surface area contributed by atoms with Gasteiger partial charge >= 0.3 is 17.9 Å². The maximum absolute atomic E-state index is 14.0. The second-order valence-electron chi connectivity index (χ2n) is 19.4. The monoisotopic (exact) mass is 662 g/mol. The molecule has 47 heavy (non-hydrogen) atoms. The molecule has 9 heteroatoms. The molecule has 0 aromatic carbocycles. The van der Waals surface area contributed by atoms with Gasteiger partial charge in [0.05, 0.1) is 17.8 Å². The fourth-order valence-electron chi connectivity index (χ4n) is 9.78. The molecule has 3 heterocycles. The zero-order valence-electron chi connectivity index (χ0n) is 32.2. The van der Waals surface area contributed by atoms with E-state index in [9.17, 15) is 14.4 Å². The summed E-state index contributed by atoms with van der Waals surface area (Å²) < 4.78 is 19.0. The van der Waals surface area contributed by atoms with Gasteiger partial charge in [-0.3, -0.25) is 24.2 Å². The van der Waals surface area contributed by atoms with Crippen molar-refractivity contribution in [1.29, 1.82) is 0 Å². The van der Waals surface area contributed by atoms with E-state index in [0.29, 0.717) is 57.8 Å². The Bertz CT molecular complexity index is 1070. The van der Waals surface area contributed by atoms with Crippen molar-refractivity contribution < 1.29 is 28.6 Å². The zero-order chi connectivity index (χ0) is 35.5. The Kier molecular flexibility index (Phi) is 10.4. The summed E-state index contributed by atoms with van der Waals surface area (Å²) in [5.74, 6) is -1.66. The third kappa shape index (κ3) is 8.54. The van der Waals surface area contributed by atoms with E-state index in [1.54, 1.807) is 0 Å². The summed E-state index contributed by atoms with van der Waals surface area (Å²) in [5, 5.41) is 3.64. The summed E-state index contributed by atoms with van der Waals surface area (Å²) in [5.41, 5.74) is -1.18. The van der Waals surface area contributed by atoms with E-state index in [0.717, 1.165) is 0 Å². The van der Waals surface area contributed by atoms with Gasteiger partial charge in [-0.25, -0.2) is 0 Å². The van der Waals surface area contributed by atoms with Gasteiger partial charge in [-0.1, -0.05) is 0 Å². The van der Waals surface area contributed by atoms with E-state index in [-0.39, 0.29) is 68.9 Å². The number of hydrogen-bond donors (Lipinski definition) is 1. The van der Waals surface area contributed by atoms with E-state index in [4.69, 9.17) is 14.2 Å². The molecule has 1 saturated carbocycles. The van der Waals surface area contributed by atoms with Gasteiger partial charge in [0.1, 0.15) is 12.2 Å². The number of nitrogens with one attached hydrogen (secondary N) is 1. The van der Waals surface area contributed by atoms with Gasteiger partial charge in [-0.05, 0) is 155 Å². The molecule has 0 bridgehead atoms. The fraction of sp³-hybridized carbons (Fsp3) is 0.921. The molecule has 4 aliphatic rings. The molecule has 0 spiro atoms. The highest BCUT2D eigenvalue weighted by molar-refractivity contribution is 5.75. The fourth-order valence-corrected chi connectivity index (χ4v) is 9.78. The Hall–Kier alpha value is -1.71. The van der Waals surface area contributed by atoms with Crippen molar-refractivity contribution in [2.24, 2.45) is 17.8 Å². The molecule has 4 fully saturated rings. The van der Waals surface area contributed by atoms with Gasteiger partial charge in [0, 0.05) is 33.2 Å². The van der Waals surface area contributed by atoms with Gasteiger partial charge in [-0.2, -0.15) is 0 Å². The summed E-state index contributed by atoms with van der Waals surface area (Å²) in [4.78, 5) is 46.5. The van der Waals surface area contributed by atoms with Gasteiger partial charge < -0.3 is 19.5 Å². The van der Waals surface area contributed by atoms with E-state index in [1.165, 1.54) is 0 Å². The van der Waals surface area contributed by atoms with Crippen molar-refractivity contribution in [2.75, 3.05) is 14.1 Å². The number of rotatable bonds is 6. The number of hydrogen-bond acceptors (Lipinski definition) is 9.